The second-order valence-corrected chi connectivity index (χ2v) is 8.54. The zero-order valence-electron chi connectivity index (χ0n) is 17.1. The van der Waals surface area contributed by atoms with E-state index in [1.165, 1.54) is 15.9 Å². The summed E-state index contributed by atoms with van der Waals surface area (Å²) >= 11 is 0. The molecule has 2 aliphatic heterocycles. The minimum atomic E-state index is -4.70. The van der Waals surface area contributed by atoms with Gasteiger partial charge in [0, 0.05) is 19.6 Å². The van der Waals surface area contributed by atoms with Gasteiger partial charge in [0.05, 0.1) is 23.3 Å². The number of amides is 2. The monoisotopic (exact) mass is 414 g/mol. The van der Waals surface area contributed by atoms with E-state index in [1.54, 1.807) is 34.6 Å². The van der Waals surface area contributed by atoms with Gasteiger partial charge >= 0.3 is 12.3 Å². The van der Waals surface area contributed by atoms with E-state index in [-0.39, 0.29) is 42.6 Å². The predicted octanol–water partition coefficient (Wildman–Crippen LogP) is 4.24. The number of alkyl halides is 3. The van der Waals surface area contributed by atoms with Gasteiger partial charge in [0.2, 0.25) is 0 Å². The summed E-state index contributed by atoms with van der Waals surface area (Å²) in [6.07, 6.45) is -5.58. The molecule has 160 valence electrons. The maximum atomic E-state index is 13.7. The molecule has 1 fully saturated rings. The van der Waals surface area contributed by atoms with Gasteiger partial charge in [-0.15, -0.1) is 0 Å². The zero-order chi connectivity index (χ0) is 21.7. The van der Waals surface area contributed by atoms with Crippen LogP contribution in [0.2, 0.25) is 0 Å². The molecular weight excluding hydrogens is 389 g/mol. The molecule has 2 amide bonds. The van der Waals surface area contributed by atoms with Crippen LogP contribution >= 0.6 is 0 Å². The van der Waals surface area contributed by atoms with Crippen molar-refractivity contribution in [2.45, 2.75) is 58.5 Å². The van der Waals surface area contributed by atoms with Crippen LogP contribution in [0.4, 0.5) is 18.0 Å². The lowest BCUT2D eigenvalue weighted by Gasteiger charge is -2.38. The minimum Gasteiger partial charge on any atom is -0.491 e. The number of ether oxygens (including phenoxy) is 2. The number of benzene rings is 1. The van der Waals surface area contributed by atoms with Gasteiger partial charge in [0.15, 0.2) is 0 Å². The number of rotatable bonds is 2. The van der Waals surface area contributed by atoms with E-state index in [9.17, 15) is 22.8 Å². The van der Waals surface area contributed by atoms with E-state index < -0.39 is 35.4 Å². The number of hydrogen-bond donors (Lipinski definition) is 0. The fourth-order valence-corrected chi connectivity index (χ4v) is 3.63. The first-order chi connectivity index (χ1) is 13.3. The van der Waals surface area contributed by atoms with Gasteiger partial charge in [-0.1, -0.05) is 0 Å². The number of carbonyl (C=O) groups excluding carboxylic acids is 2. The molecule has 1 aromatic rings. The fraction of sp³-hybridized carbons (Fsp3) is 0.600. The molecule has 29 heavy (non-hydrogen) atoms. The van der Waals surface area contributed by atoms with Crippen LogP contribution in [-0.4, -0.2) is 53.1 Å². The van der Waals surface area contributed by atoms with Crippen molar-refractivity contribution in [3.63, 3.8) is 0 Å². The van der Waals surface area contributed by atoms with Gasteiger partial charge in [0.1, 0.15) is 11.4 Å². The lowest BCUT2D eigenvalue weighted by atomic mass is 9.97. The van der Waals surface area contributed by atoms with Crippen molar-refractivity contribution < 1.29 is 32.2 Å². The molecular formula is C20H25F3N2O4. The highest BCUT2D eigenvalue weighted by Crippen LogP contribution is 2.45. The van der Waals surface area contributed by atoms with Gasteiger partial charge in [-0.25, -0.2) is 4.79 Å². The number of carbonyl (C=O) groups is 2. The average molecular weight is 414 g/mol. The normalized spacial score (nSPS) is 19.3. The maximum absolute atomic E-state index is 13.7. The number of hydrogen-bond acceptors (Lipinski definition) is 4. The first-order valence-corrected chi connectivity index (χ1v) is 9.48. The summed E-state index contributed by atoms with van der Waals surface area (Å²) in [5, 5.41) is 0. The molecule has 0 bridgehead atoms. The quantitative estimate of drug-likeness (QED) is 0.726. The highest BCUT2D eigenvalue weighted by Gasteiger charge is 2.48. The summed E-state index contributed by atoms with van der Waals surface area (Å²) in [6, 6.07) is 1.68. The molecule has 2 aliphatic rings. The molecule has 1 aromatic carbocycles. The molecule has 0 radical (unpaired) electrons. The Morgan fingerprint density at radius 1 is 1.17 bits per heavy atom. The molecule has 0 aromatic heterocycles. The molecule has 0 unspecified atom stereocenters. The Morgan fingerprint density at radius 3 is 2.38 bits per heavy atom. The van der Waals surface area contributed by atoms with Gasteiger partial charge in [-0.05, 0) is 52.3 Å². The van der Waals surface area contributed by atoms with Crippen molar-refractivity contribution in [3.8, 4) is 5.75 Å². The molecule has 9 heteroatoms. The van der Waals surface area contributed by atoms with Crippen molar-refractivity contribution in [1.82, 2.24) is 9.80 Å². The Kier molecular flexibility index (Phi) is 5.21. The van der Waals surface area contributed by atoms with Crippen LogP contribution in [0, 0.1) is 0 Å². The van der Waals surface area contributed by atoms with Crippen LogP contribution in [0.3, 0.4) is 0 Å². The van der Waals surface area contributed by atoms with Crippen molar-refractivity contribution >= 4 is 12.0 Å². The van der Waals surface area contributed by atoms with Crippen LogP contribution in [-0.2, 0) is 10.9 Å². The fourth-order valence-electron chi connectivity index (χ4n) is 3.63. The molecule has 0 saturated carbocycles. The van der Waals surface area contributed by atoms with Crippen molar-refractivity contribution in [2.75, 3.05) is 19.6 Å². The highest BCUT2D eigenvalue weighted by atomic mass is 19.4. The predicted molar refractivity (Wildman–Crippen MR) is 98.8 cm³/mol. The molecule has 0 N–H and O–H groups in total. The van der Waals surface area contributed by atoms with E-state index in [0.717, 1.165) is 6.07 Å². The summed E-state index contributed by atoms with van der Waals surface area (Å²) in [7, 11) is 0. The Morgan fingerprint density at radius 2 is 1.83 bits per heavy atom. The largest absolute Gasteiger partial charge is 0.491 e. The average Bonchev–Trinajstić information content (AvgIpc) is 2.83. The standard InChI is InChI=1S/C20H25F3N2O4/c1-11(2)28-12-8-13-15-10-24(18(27)29-19(3,4)5)6-7-25(15)17(26)16(13)14(9-12)20(21,22)23/h8-9,11,15H,6-7,10H2,1-5H3/t15-/m0/s1. The third-order valence-electron chi connectivity index (χ3n) is 4.69. The molecule has 1 atom stereocenters. The second-order valence-electron chi connectivity index (χ2n) is 8.54. The van der Waals surface area contributed by atoms with Crippen LogP contribution in [0.25, 0.3) is 0 Å². The zero-order valence-corrected chi connectivity index (χ0v) is 17.1. The van der Waals surface area contributed by atoms with Crippen LogP contribution < -0.4 is 4.74 Å². The molecule has 3 rings (SSSR count). The SMILES string of the molecule is CC(C)Oc1cc2c(c(C(F)(F)F)c1)C(=O)N1CCN(C(=O)OC(C)(C)C)C[C@@H]21. The number of halogens is 3. The molecule has 1 saturated heterocycles. The lowest BCUT2D eigenvalue weighted by Crippen LogP contribution is -2.50. The van der Waals surface area contributed by atoms with E-state index in [0.29, 0.717) is 0 Å². The maximum Gasteiger partial charge on any atom is 0.417 e. The van der Waals surface area contributed by atoms with Crippen LogP contribution in [0.15, 0.2) is 12.1 Å². The topological polar surface area (TPSA) is 59.1 Å². The summed E-state index contributed by atoms with van der Waals surface area (Å²) in [4.78, 5) is 28.0. The smallest absolute Gasteiger partial charge is 0.417 e. The van der Waals surface area contributed by atoms with Crippen molar-refractivity contribution in [1.29, 1.82) is 0 Å². The van der Waals surface area contributed by atoms with E-state index in [4.69, 9.17) is 9.47 Å². The van der Waals surface area contributed by atoms with E-state index >= 15 is 0 Å². The number of nitrogens with zero attached hydrogens (tertiary/aromatic N) is 2. The Hall–Kier alpha value is -2.45. The molecule has 2 heterocycles. The Balaban J connectivity index is 2.00. The third-order valence-corrected chi connectivity index (χ3v) is 4.69. The molecule has 0 spiro atoms. The number of fused-ring (bicyclic) bond motifs is 3. The summed E-state index contributed by atoms with van der Waals surface area (Å²) in [6.45, 7) is 9.03. The second kappa shape index (κ2) is 7.11. The van der Waals surface area contributed by atoms with Crippen molar-refractivity contribution in [2.24, 2.45) is 0 Å². The van der Waals surface area contributed by atoms with Crippen LogP contribution in [0.1, 0.15) is 62.1 Å². The number of piperazine rings is 1. The third kappa shape index (κ3) is 4.28. The van der Waals surface area contributed by atoms with Crippen molar-refractivity contribution in [3.05, 3.63) is 28.8 Å². The van der Waals surface area contributed by atoms with E-state index in [1.807, 2.05) is 0 Å². The summed E-state index contributed by atoms with van der Waals surface area (Å²) in [5.74, 6) is -0.618. The van der Waals surface area contributed by atoms with Gasteiger partial charge < -0.3 is 19.3 Å². The first kappa shape index (κ1) is 21.3. The minimum absolute atomic E-state index is 0.0510. The van der Waals surface area contributed by atoms with Gasteiger partial charge in [-0.3, -0.25) is 4.79 Å². The summed E-state index contributed by atoms with van der Waals surface area (Å²) < 4.78 is 51.9. The first-order valence-electron chi connectivity index (χ1n) is 9.48. The molecule has 0 aliphatic carbocycles. The lowest BCUT2D eigenvalue weighted by molar-refractivity contribution is -0.138. The van der Waals surface area contributed by atoms with Crippen LogP contribution in [0.5, 0.6) is 5.75 Å². The van der Waals surface area contributed by atoms with Gasteiger partial charge in [0.25, 0.3) is 5.91 Å². The molecule has 6 nitrogen and oxygen atoms in total. The van der Waals surface area contributed by atoms with Gasteiger partial charge in [-0.2, -0.15) is 13.2 Å². The van der Waals surface area contributed by atoms with E-state index in [2.05, 4.69) is 0 Å². The Labute approximate surface area is 167 Å². The summed E-state index contributed by atoms with van der Waals surface area (Å²) in [5.41, 5.74) is -1.83. The Bertz CT molecular complexity index is 830. The highest BCUT2D eigenvalue weighted by molar-refractivity contribution is 6.01.